The molecule has 1 aromatic heterocycles. The number of hydrogen-bond acceptors (Lipinski definition) is 8. The van der Waals surface area contributed by atoms with E-state index in [0.29, 0.717) is 31.7 Å². The highest BCUT2D eigenvalue weighted by Crippen LogP contribution is 2.28. The largest absolute Gasteiger partial charge is 0.367 e. The van der Waals surface area contributed by atoms with Crippen LogP contribution in [-0.4, -0.2) is 22.6 Å². The highest BCUT2D eigenvalue weighted by Gasteiger charge is 2.25. The monoisotopic (exact) mass is 449 g/mol. The molecule has 1 heterocycles. The third-order valence-electron chi connectivity index (χ3n) is 4.42. The summed E-state index contributed by atoms with van der Waals surface area (Å²) in [7, 11) is -4.18. The van der Waals surface area contributed by atoms with Crippen LogP contribution in [0.2, 0.25) is 5.02 Å². The summed E-state index contributed by atoms with van der Waals surface area (Å²) in [5.41, 5.74) is 7.00. The Bertz CT molecular complexity index is 1530. The Morgan fingerprint density at radius 3 is 2.58 bits per heavy atom. The third-order valence-corrected chi connectivity index (χ3v) is 6.37. The molecule has 152 valence electrons. The number of aromatic nitrogens is 3. The van der Waals surface area contributed by atoms with Gasteiger partial charge >= 0.3 is 0 Å². The smallest absolute Gasteiger partial charge is 0.286 e. The van der Waals surface area contributed by atoms with Gasteiger partial charge in [-0.1, -0.05) is 29.8 Å². The van der Waals surface area contributed by atoms with Crippen LogP contribution in [0.1, 0.15) is 11.1 Å². The van der Waals surface area contributed by atoms with Crippen LogP contribution in [0.25, 0.3) is 10.8 Å². The van der Waals surface area contributed by atoms with Gasteiger partial charge in [0.15, 0.2) is 0 Å². The summed E-state index contributed by atoms with van der Waals surface area (Å²) in [6.07, 6.45) is 0. The minimum absolute atomic E-state index is 0.0287. The quantitative estimate of drug-likeness (QED) is 0.481. The Morgan fingerprint density at radius 1 is 1.06 bits per heavy atom. The molecule has 11 heteroatoms. The van der Waals surface area contributed by atoms with Crippen molar-refractivity contribution in [2.45, 2.75) is 4.90 Å². The number of nitrogens with zero attached hydrogens (tertiary/aromatic N) is 5. The minimum Gasteiger partial charge on any atom is -0.367 e. The molecule has 31 heavy (non-hydrogen) atoms. The Labute approximate surface area is 182 Å². The van der Waals surface area contributed by atoms with Gasteiger partial charge in [-0.15, -0.1) is 9.19 Å². The molecule has 0 unspecified atom stereocenters. The maximum atomic E-state index is 13.3. The second kappa shape index (κ2) is 7.61. The van der Waals surface area contributed by atoms with Crippen LogP contribution in [-0.2, 0) is 10.0 Å². The van der Waals surface area contributed by atoms with E-state index in [-0.39, 0.29) is 21.8 Å². The van der Waals surface area contributed by atoms with Gasteiger partial charge in [0.05, 0.1) is 27.1 Å². The summed E-state index contributed by atoms with van der Waals surface area (Å²) in [4.78, 5) is 3.94. The fraction of sp³-hybridized carbons (Fsp3) is 0. The van der Waals surface area contributed by atoms with Gasteiger partial charge in [-0.25, -0.2) is 0 Å². The zero-order valence-corrected chi connectivity index (χ0v) is 17.2. The maximum Gasteiger partial charge on any atom is 0.286 e. The van der Waals surface area contributed by atoms with E-state index in [1.54, 1.807) is 30.3 Å². The lowest BCUT2D eigenvalue weighted by molar-refractivity contribution is 0.582. The summed E-state index contributed by atoms with van der Waals surface area (Å²) < 4.78 is 27.1. The molecule has 0 radical (unpaired) electrons. The lowest BCUT2D eigenvalue weighted by atomic mass is 10.1. The van der Waals surface area contributed by atoms with Gasteiger partial charge in [0.2, 0.25) is 11.9 Å². The second-order valence-corrected chi connectivity index (χ2v) is 8.52. The molecule has 0 bridgehead atoms. The minimum atomic E-state index is -4.18. The van der Waals surface area contributed by atoms with Gasteiger partial charge in [-0.05, 0) is 41.8 Å². The summed E-state index contributed by atoms with van der Waals surface area (Å²) in [6, 6.07) is 17.9. The molecule has 0 aliphatic heterocycles. The van der Waals surface area contributed by atoms with E-state index in [0.717, 1.165) is 0 Å². The van der Waals surface area contributed by atoms with Crippen molar-refractivity contribution in [3.8, 4) is 12.1 Å². The van der Waals surface area contributed by atoms with Crippen LogP contribution in [0.3, 0.4) is 0 Å². The van der Waals surface area contributed by atoms with Crippen LogP contribution in [0.4, 0.5) is 17.6 Å². The summed E-state index contributed by atoms with van der Waals surface area (Å²) in [5, 5.41) is 26.1. The number of nitrogens with two attached hydrogens (primary N) is 1. The highest BCUT2D eigenvalue weighted by atomic mass is 35.5. The van der Waals surface area contributed by atoms with E-state index in [2.05, 4.69) is 15.4 Å². The first kappa shape index (κ1) is 20.2. The van der Waals surface area contributed by atoms with Crippen molar-refractivity contribution in [1.29, 1.82) is 10.5 Å². The van der Waals surface area contributed by atoms with E-state index in [1.807, 2.05) is 12.1 Å². The Balaban J connectivity index is 1.75. The number of nitrogen functional groups attached to an aromatic ring is 1. The number of rotatable bonds is 4. The number of nitriles is 2. The van der Waals surface area contributed by atoms with Gasteiger partial charge in [-0.3, -0.25) is 0 Å². The zero-order chi connectivity index (χ0) is 22.2. The topological polar surface area (TPSA) is 150 Å². The molecule has 0 fully saturated rings. The average Bonchev–Trinajstić information content (AvgIpc) is 3.13. The van der Waals surface area contributed by atoms with Crippen molar-refractivity contribution in [1.82, 2.24) is 14.2 Å². The van der Waals surface area contributed by atoms with Gasteiger partial charge < -0.3 is 11.1 Å². The highest BCUT2D eigenvalue weighted by molar-refractivity contribution is 7.90. The number of fused-ring (bicyclic) bond motifs is 1. The molecule has 0 aliphatic carbocycles. The number of hydrogen-bond donors (Lipinski definition) is 2. The molecule has 4 aromatic rings. The Hall–Kier alpha value is -4.12. The molecule has 9 nitrogen and oxygen atoms in total. The molecule has 3 N–H and O–H groups in total. The van der Waals surface area contributed by atoms with E-state index in [9.17, 15) is 8.42 Å². The number of anilines is 3. The van der Waals surface area contributed by atoms with E-state index < -0.39 is 10.0 Å². The zero-order valence-electron chi connectivity index (χ0n) is 15.6. The molecule has 0 amide bonds. The normalized spacial score (nSPS) is 11.1. The molecular formula is C20H12ClN7O2S. The van der Waals surface area contributed by atoms with E-state index >= 15 is 0 Å². The van der Waals surface area contributed by atoms with Crippen molar-refractivity contribution in [2.75, 3.05) is 11.1 Å². The number of halogens is 1. The summed E-state index contributed by atoms with van der Waals surface area (Å²) in [6.45, 7) is 0. The first-order valence-electron chi connectivity index (χ1n) is 8.71. The molecular weight excluding hydrogens is 438 g/mol. The molecule has 0 aliphatic rings. The summed E-state index contributed by atoms with van der Waals surface area (Å²) >= 11 is 6.01. The first-order chi connectivity index (χ1) is 14.8. The molecule has 3 aromatic carbocycles. The van der Waals surface area contributed by atoms with Crippen molar-refractivity contribution >= 4 is 50.0 Å². The van der Waals surface area contributed by atoms with Gasteiger partial charge in [0, 0.05) is 11.1 Å². The fourth-order valence-electron chi connectivity index (χ4n) is 2.99. The van der Waals surface area contributed by atoms with E-state index in [4.69, 9.17) is 27.9 Å². The lowest BCUT2D eigenvalue weighted by Crippen LogP contribution is -2.17. The van der Waals surface area contributed by atoms with Gasteiger partial charge in [-0.2, -0.15) is 23.9 Å². The molecule has 0 spiro atoms. The SMILES string of the molecule is N#Cc1ccc2c(S(=O)(=O)n3nc(Nc4ccc(C#N)c(Cl)c4)nc3N)cccc2c1. The van der Waals surface area contributed by atoms with Crippen molar-refractivity contribution in [3.05, 3.63) is 70.7 Å². The van der Waals surface area contributed by atoms with Crippen molar-refractivity contribution in [3.63, 3.8) is 0 Å². The van der Waals surface area contributed by atoms with Crippen molar-refractivity contribution in [2.24, 2.45) is 0 Å². The van der Waals surface area contributed by atoms with Crippen LogP contribution in [0.5, 0.6) is 0 Å². The van der Waals surface area contributed by atoms with Gasteiger partial charge in [0.1, 0.15) is 6.07 Å². The average molecular weight is 450 g/mol. The number of nitrogens with one attached hydrogen (secondary N) is 1. The molecule has 0 saturated heterocycles. The van der Waals surface area contributed by atoms with Crippen LogP contribution >= 0.6 is 11.6 Å². The molecule has 4 rings (SSSR count). The standard InChI is InChI=1S/C20H12ClN7O2S/c21-17-9-15(6-5-14(17)11-23)25-20-26-19(24)28(27-20)31(29,30)18-3-1-2-13-8-12(10-22)4-7-16(13)18/h1-9H,(H3,24,25,26,27). The Kier molecular flexibility index (Phi) is 4.95. The fourth-order valence-corrected chi connectivity index (χ4v) is 4.59. The predicted octanol–water partition coefficient (Wildman–Crippen LogP) is 3.39. The number of benzene rings is 3. The Morgan fingerprint density at radius 2 is 1.87 bits per heavy atom. The third kappa shape index (κ3) is 3.62. The van der Waals surface area contributed by atoms with Crippen molar-refractivity contribution < 1.29 is 8.42 Å². The molecule has 0 atom stereocenters. The maximum absolute atomic E-state index is 13.3. The van der Waals surface area contributed by atoms with Crippen LogP contribution < -0.4 is 11.1 Å². The molecule has 0 saturated carbocycles. The van der Waals surface area contributed by atoms with E-state index in [1.165, 1.54) is 24.3 Å². The van der Waals surface area contributed by atoms with Gasteiger partial charge in [0.25, 0.3) is 10.0 Å². The first-order valence-corrected chi connectivity index (χ1v) is 10.5. The second-order valence-electron chi connectivity index (χ2n) is 6.38. The predicted molar refractivity (Wildman–Crippen MR) is 115 cm³/mol. The van der Waals surface area contributed by atoms with Crippen LogP contribution in [0.15, 0.2) is 59.5 Å². The lowest BCUT2D eigenvalue weighted by Gasteiger charge is -2.09. The summed E-state index contributed by atoms with van der Waals surface area (Å²) in [5.74, 6) is -0.401. The van der Waals surface area contributed by atoms with Crippen LogP contribution in [0, 0.1) is 22.7 Å².